The van der Waals surface area contributed by atoms with Crippen molar-refractivity contribution in [1.82, 2.24) is 0 Å². The lowest BCUT2D eigenvalue weighted by molar-refractivity contribution is -0.164. The maximum absolute atomic E-state index is 13.4. The molecule has 2 aliphatic carbocycles. The van der Waals surface area contributed by atoms with Crippen molar-refractivity contribution >= 4 is 56.7 Å². The first-order valence-corrected chi connectivity index (χ1v) is 15.4. The van der Waals surface area contributed by atoms with Crippen LogP contribution in [0.15, 0.2) is 84.9 Å². The van der Waals surface area contributed by atoms with Gasteiger partial charge in [0.05, 0.1) is 0 Å². The summed E-state index contributed by atoms with van der Waals surface area (Å²) in [5.41, 5.74) is 2.27. The topological polar surface area (TPSA) is 52.6 Å². The molecule has 0 bridgehead atoms. The van der Waals surface area contributed by atoms with Crippen LogP contribution in [0.2, 0.25) is 0 Å². The van der Waals surface area contributed by atoms with Gasteiger partial charge in [-0.3, -0.25) is 0 Å². The highest BCUT2D eigenvalue weighted by molar-refractivity contribution is 6.66. The fourth-order valence-electron chi connectivity index (χ4n) is 6.84. The molecule has 4 aromatic carbocycles. The van der Waals surface area contributed by atoms with Gasteiger partial charge in [-0.1, -0.05) is 121 Å². The first kappa shape index (κ1) is 28.1. The number of rotatable bonds is 6. The van der Waals surface area contributed by atoms with Crippen molar-refractivity contribution in [3.8, 4) is 0 Å². The Morgan fingerprint density at radius 3 is 1.41 bits per heavy atom. The molecule has 6 rings (SSSR count). The molecule has 0 heterocycles. The molecular weight excluding hydrogens is 555 g/mol. The van der Waals surface area contributed by atoms with Gasteiger partial charge >= 0.3 is 16.3 Å². The number of alkyl halides is 2. The summed E-state index contributed by atoms with van der Waals surface area (Å²) in [5.74, 6) is -1.93. The standard InChI is InChI=1S/C35H34Cl2O4/c36-35(37,33(38)40-31-21-7-5-17-29(31)27-19-9-13-23-11-1-3-15-25(23)27)34(39)41-32-22-8-6-18-30(32)28-20-10-14-24-12-2-4-16-26(24)28/h1-4,9-16,19-20,29-32H,5-8,17-18,21-22H2/t29-,30-,31+,32+/m1/s1. The SMILES string of the molecule is O=C(O[C@H]1CCCC[C@@H]1c1cccc2ccccc12)C(Cl)(Cl)C(=O)O[C@H]1CCCC[C@@H]1c1cccc2ccccc12. The predicted molar refractivity (Wildman–Crippen MR) is 165 cm³/mol. The molecule has 0 amide bonds. The van der Waals surface area contributed by atoms with Crippen LogP contribution in [-0.2, 0) is 19.1 Å². The quantitative estimate of drug-likeness (QED) is 0.128. The van der Waals surface area contributed by atoms with Crippen molar-refractivity contribution in [2.45, 2.75) is 79.7 Å². The van der Waals surface area contributed by atoms with Gasteiger partial charge in [-0.05, 0) is 71.2 Å². The summed E-state index contributed by atoms with van der Waals surface area (Å²) in [7, 11) is 0. The lowest BCUT2D eigenvalue weighted by Gasteiger charge is -2.35. The van der Waals surface area contributed by atoms with Crippen molar-refractivity contribution in [3.63, 3.8) is 0 Å². The summed E-state index contributed by atoms with van der Waals surface area (Å²) in [6, 6.07) is 28.8. The van der Waals surface area contributed by atoms with E-state index in [1.165, 1.54) is 0 Å². The van der Waals surface area contributed by atoms with E-state index in [0.717, 1.165) is 71.2 Å². The first-order valence-electron chi connectivity index (χ1n) is 14.7. The fraction of sp³-hybridized carbons (Fsp3) is 0.371. The summed E-state index contributed by atoms with van der Waals surface area (Å²) < 4.78 is 9.45. The normalized spacial score (nSPS) is 23.3. The minimum atomic E-state index is -2.44. The third-order valence-corrected chi connectivity index (χ3v) is 9.50. The Morgan fingerprint density at radius 2 is 0.951 bits per heavy atom. The molecule has 0 aromatic heterocycles. The second-order valence-corrected chi connectivity index (χ2v) is 12.7. The van der Waals surface area contributed by atoms with Gasteiger partial charge in [0.2, 0.25) is 0 Å². The molecule has 0 aliphatic heterocycles. The third-order valence-electron chi connectivity index (χ3n) is 8.88. The van der Waals surface area contributed by atoms with Gasteiger partial charge in [0.25, 0.3) is 0 Å². The number of hydrogen-bond acceptors (Lipinski definition) is 4. The van der Waals surface area contributed by atoms with E-state index in [4.69, 9.17) is 32.7 Å². The Morgan fingerprint density at radius 1 is 0.561 bits per heavy atom. The molecule has 212 valence electrons. The first-order chi connectivity index (χ1) is 19.9. The number of benzene rings is 4. The Hall–Kier alpha value is -3.08. The van der Waals surface area contributed by atoms with Crippen LogP contribution in [0.5, 0.6) is 0 Å². The molecule has 0 radical (unpaired) electrons. The summed E-state index contributed by atoms with van der Waals surface area (Å²) in [5, 5.41) is 4.56. The maximum Gasteiger partial charge on any atom is 0.354 e. The van der Waals surface area contributed by atoms with Crippen LogP contribution in [0, 0.1) is 0 Å². The van der Waals surface area contributed by atoms with E-state index >= 15 is 0 Å². The average molecular weight is 590 g/mol. The largest absolute Gasteiger partial charge is 0.459 e. The van der Waals surface area contributed by atoms with E-state index in [0.29, 0.717) is 12.8 Å². The number of ether oxygens (including phenoxy) is 2. The van der Waals surface area contributed by atoms with Crippen molar-refractivity contribution in [1.29, 1.82) is 0 Å². The highest BCUT2D eigenvalue weighted by Crippen LogP contribution is 2.42. The minimum absolute atomic E-state index is 0.00644. The van der Waals surface area contributed by atoms with E-state index in [-0.39, 0.29) is 11.8 Å². The lowest BCUT2D eigenvalue weighted by atomic mass is 9.79. The summed E-state index contributed by atoms with van der Waals surface area (Å²) in [6.07, 6.45) is 6.20. The summed E-state index contributed by atoms with van der Waals surface area (Å²) in [4.78, 5) is 26.8. The highest BCUT2D eigenvalue weighted by Gasteiger charge is 2.49. The summed E-state index contributed by atoms with van der Waals surface area (Å²) in [6.45, 7) is 0. The van der Waals surface area contributed by atoms with E-state index < -0.39 is 28.5 Å². The van der Waals surface area contributed by atoms with Crippen molar-refractivity contribution in [2.24, 2.45) is 0 Å². The van der Waals surface area contributed by atoms with Gasteiger partial charge < -0.3 is 9.47 Å². The second-order valence-electron chi connectivity index (χ2n) is 11.4. The molecule has 0 saturated heterocycles. The smallest absolute Gasteiger partial charge is 0.354 e. The molecule has 2 aliphatic rings. The van der Waals surface area contributed by atoms with E-state index in [2.05, 4.69) is 48.5 Å². The molecule has 6 heteroatoms. The maximum atomic E-state index is 13.4. The van der Waals surface area contributed by atoms with E-state index in [1.807, 2.05) is 36.4 Å². The van der Waals surface area contributed by atoms with E-state index in [9.17, 15) is 9.59 Å². The van der Waals surface area contributed by atoms with Crippen LogP contribution >= 0.6 is 23.2 Å². The van der Waals surface area contributed by atoms with Crippen LogP contribution in [-0.4, -0.2) is 28.5 Å². The number of esters is 2. The zero-order chi connectivity index (χ0) is 28.4. The minimum Gasteiger partial charge on any atom is -0.459 e. The second kappa shape index (κ2) is 12.0. The molecule has 2 saturated carbocycles. The number of halogens is 2. The molecule has 0 spiro atoms. The fourth-order valence-corrected chi connectivity index (χ4v) is 7.02. The molecule has 41 heavy (non-hydrogen) atoms. The van der Waals surface area contributed by atoms with Gasteiger partial charge in [-0.2, -0.15) is 0 Å². The van der Waals surface area contributed by atoms with Crippen molar-refractivity contribution in [2.75, 3.05) is 0 Å². The number of carbonyl (C=O) groups is 2. The lowest BCUT2D eigenvalue weighted by Crippen LogP contribution is -2.44. The molecule has 0 unspecified atom stereocenters. The molecule has 4 aromatic rings. The molecule has 4 atom stereocenters. The van der Waals surface area contributed by atoms with Crippen LogP contribution < -0.4 is 0 Å². The monoisotopic (exact) mass is 588 g/mol. The Balaban J connectivity index is 1.19. The Kier molecular flexibility index (Phi) is 8.23. The van der Waals surface area contributed by atoms with Gasteiger partial charge in [0.15, 0.2) is 0 Å². The molecule has 0 N–H and O–H groups in total. The van der Waals surface area contributed by atoms with E-state index in [1.54, 1.807) is 0 Å². The van der Waals surface area contributed by atoms with Crippen LogP contribution in [0.3, 0.4) is 0 Å². The van der Waals surface area contributed by atoms with Crippen LogP contribution in [0.1, 0.15) is 74.3 Å². The number of carbonyl (C=O) groups excluding carboxylic acids is 2. The Labute approximate surface area is 250 Å². The molecule has 4 nitrogen and oxygen atoms in total. The van der Waals surface area contributed by atoms with Gasteiger partial charge in [0, 0.05) is 11.8 Å². The zero-order valence-electron chi connectivity index (χ0n) is 22.9. The molecule has 2 fully saturated rings. The summed E-state index contributed by atoms with van der Waals surface area (Å²) >= 11 is 12.9. The zero-order valence-corrected chi connectivity index (χ0v) is 24.4. The number of fused-ring (bicyclic) bond motifs is 2. The Bertz CT molecular complexity index is 1440. The third kappa shape index (κ3) is 5.69. The van der Waals surface area contributed by atoms with Crippen molar-refractivity contribution < 1.29 is 19.1 Å². The average Bonchev–Trinajstić information content (AvgIpc) is 3.01. The molecular formula is C35H34Cl2O4. The number of hydrogen-bond donors (Lipinski definition) is 0. The van der Waals surface area contributed by atoms with Crippen LogP contribution in [0.25, 0.3) is 21.5 Å². The highest BCUT2D eigenvalue weighted by atomic mass is 35.5. The van der Waals surface area contributed by atoms with Gasteiger partial charge in [-0.25, -0.2) is 9.59 Å². The van der Waals surface area contributed by atoms with Crippen molar-refractivity contribution in [3.05, 3.63) is 96.1 Å². The van der Waals surface area contributed by atoms with Gasteiger partial charge in [-0.15, -0.1) is 0 Å². The van der Waals surface area contributed by atoms with Crippen LogP contribution in [0.4, 0.5) is 0 Å². The van der Waals surface area contributed by atoms with Gasteiger partial charge in [0.1, 0.15) is 12.2 Å². The predicted octanol–water partition coefficient (Wildman–Crippen LogP) is 9.01.